The molecule has 3 nitrogen and oxygen atoms in total. The van der Waals surface area contributed by atoms with Crippen molar-refractivity contribution in [3.63, 3.8) is 0 Å². The summed E-state index contributed by atoms with van der Waals surface area (Å²) in [5.74, 6) is 0.291. The van der Waals surface area contributed by atoms with E-state index >= 15 is 0 Å². The van der Waals surface area contributed by atoms with Crippen molar-refractivity contribution in [2.75, 3.05) is 0 Å². The van der Waals surface area contributed by atoms with Crippen LogP contribution < -0.4 is 5.43 Å². The van der Waals surface area contributed by atoms with Gasteiger partial charge in [0.2, 0.25) is 0 Å². The van der Waals surface area contributed by atoms with Crippen LogP contribution >= 0.6 is 15.9 Å². The molecule has 1 aliphatic carbocycles. The van der Waals surface area contributed by atoms with Crippen LogP contribution in [0.15, 0.2) is 33.8 Å². The third-order valence-electron chi connectivity index (χ3n) is 4.04. The van der Waals surface area contributed by atoms with E-state index in [0.29, 0.717) is 11.5 Å². The molecule has 1 aromatic carbocycles. The molecule has 0 bridgehead atoms. The van der Waals surface area contributed by atoms with E-state index in [1.165, 1.54) is 6.42 Å². The summed E-state index contributed by atoms with van der Waals surface area (Å²) in [7, 11) is 0. The topological polar surface area (TPSA) is 41.5 Å². The van der Waals surface area contributed by atoms with E-state index in [2.05, 4.69) is 47.2 Å². The summed E-state index contributed by atoms with van der Waals surface area (Å²) in [5, 5.41) is 4.44. The zero-order valence-corrected chi connectivity index (χ0v) is 14.5. The lowest BCUT2D eigenvalue weighted by atomic mass is 9.71. The Morgan fingerprint density at radius 3 is 2.67 bits per heavy atom. The van der Waals surface area contributed by atoms with Crippen molar-refractivity contribution in [3.05, 3.63) is 34.3 Å². The first-order valence-corrected chi connectivity index (χ1v) is 8.30. The number of hydrogen-bond donors (Lipinski definition) is 1. The van der Waals surface area contributed by atoms with Crippen LogP contribution in [0.3, 0.4) is 0 Å². The molecule has 0 unspecified atom stereocenters. The highest BCUT2D eigenvalue weighted by molar-refractivity contribution is 9.10. The molecule has 114 valence electrons. The third-order valence-corrected chi connectivity index (χ3v) is 4.73. The van der Waals surface area contributed by atoms with E-state index in [-0.39, 0.29) is 11.3 Å². The number of benzene rings is 1. The van der Waals surface area contributed by atoms with E-state index in [1.807, 2.05) is 18.2 Å². The molecule has 4 heteroatoms. The van der Waals surface area contributed by atoms with E-state index in [0.717, 1.165) is 29.4 Å². The summed E-state index contributed by atoms with van der Waals surface area (Å²) in [6, 6.07) is 7.40. The second-order valence-electron chi connectivity index (χ2n) is 6.69. The molecular formula is C17H23BrN2O. The van der Waals surface area contributed by atoms with Crippen molar-refractivity contribution in [3.8, 4) is 0 Å². The van der Waals surface area contributed by atoms with Gasteiger partial charge in [-0.3, -0.25) is 4.79 Å². The van der Waals surface area contributed by atoms with Gasteiger partial charge >= 0.3 is 0 Å². The second-order valence-corrected chi connectivity index (χ2v) is 7.54. The highest BCUT2D eigenvalue weighted by Gasteiger charge is 2.31. The van der Waals surface area contributed by atoms with E-state index in [1.54, 1.807) is 6.07 Å². The fraction of sp³-hybridized carbons (Fsp3) is 0.529. The Morgan fingerprint density at radius 1 is 1.29 bits per heavy atom. The van der Waals surface area contributed by atoms with Crippen molar-refractivity contribution >= 4 is 27.5 Å². The van der Waals surface area contributed by atoms with E-state index < -0.39 is 0 Å². The van der Waals surface area contributed by atoms with Crippen molar-refractivity contribution in [2.45, 2.75) is 46.5 Å². The lowest BCUT2D eigenvalue weighted by molar-refractivity contribution is 0.0953. The van der Waals surface area contributed by atoms with Gasteiger partial charge in [-0.15, -0.1) is 0 Å². The number of amides is 1. The molecule has 1 saturated carbocycles. The van der Waals surface area contributed by atoms with Crippen LogP contribution in [0.2, 0.25) is 0 Å². The molecule has 1 aromatic rings. The maximum Gasteiger partial charge on any atom is 0.272 e. The SMILES string of the molecule is CC(C)(C)[C@H]1CCCC/C1=N/NC(=O)c1ccccc1Br. The zero-order valence-electron chi connectivity index (χ0n) is 12.9. The lowest BCUT2D eigenvalue weighted by Crippen LogP contribution is -2.33. The summed E-state index contributed by atoms with van der Waals surface area (Å²) < 4.78 is 0.790. The molecule has 0 aliphatic heterocycles. The Bertz CT molecular complexity index is 546. The second kappa shape index (κ2) is 6.73. The van der Waals surface area contributed by atoms with Gasteiger partial charge < -0.3 is 0 Å². The van der Waals surface area contributed by atoms with Crippen molar-refractivity contribution in [1.29, 1.82) is 0 Å². The summed E-state index contributed by atoms with van der Waals surface area (Å²) in [4.78, 5) is 12.2. The van der Waals surface area contributed by atoms with E-state index in [9.17, 15) is 4.79 Å². The standard InChI is InChI=1S/C17H23BrN2O/c1-17(2,3)13-9-5-7-11-15(13)19-20-16(21)12-8-4-6-10-14(12)18/h4,6,8,10,13H,5,7,9,11H2,1-3H3,(H,20,21)/b19-15-/t13-/m0/s1. The fourth-order valence-corrected chi connectivity index (χ4v) is 3.36. The lowest BCUT2D eigenvalue weighted by Gasteiger charge is -2.34. The van der Waals surface area contributed by atoms with Gasteiger partial charge in [-0.25, -0.2) is 5.43 Å². The third kappa shape index (κ3) is 4.16. The molecule has 1 amide bonds. The molecule has 0 radical (unpaired) electrons. The molecule has 0 spiro atoms. The normalized spacial score (nSPS) is 21.3. The molecule has 1 aliphatic rings. The first-order chi connectivity index (χ1) is 9.89. The van der Waals surface area contributed by atoms with Crippen molar-refractivity contribution in [2.24, 2.45) is 16.4 Å². The highest BCUT2D eigenvalue weighted by Crippen LogP contribution is 2.36. The molecule has 1 N–H and O–H groups in total. The molecule has 0 saturated heterocycles. The fourth-order valence-electron chi connectivity index (χ4n) is 2.89. The number of rotatable bonds is 2. The van der Waals surface area contributed by atoms with Crippen LogP contribution in [-0.2, 0) is 0 Å². The number of carbonyl (C=O) groups excluding carboxylic acids is 1. The number of nitrogens with one attached hydrogen (secondary N) is 1. The first kappa shape index (κ1) is 16.2. The Balaban J connectivity index is 2.12. The van der Waals surface area contributed by atoms with Gasteiger partial charge in [-0.1, -0.05) is 39.3 Å². The van der Waals surface area contributed by atoms with Crippen LogP contribution in [0.1, 0.15) is 56.8 Å². The summed E-state index contributed by atoms with van der Waals surface area (Å²) >= 11 is 3.40. The van der Waals surface area contributed by atoms with Crippen LogP contribution in [-0.4, -0.2) is 11.6 Å². The average molecular weight is 351 g/mol. The maximum atomic E-state index is 12.2. The molecule has 1 atom stereocenters. The predicted octanol–water partition coefficient (Wildman–Crippen LogP) is 4.77. The smallest absolute Gasteiger partial charge is 0.267 e. The number of hydrogen-bond acceptors (Lipinski definition) is 2. The van der Waals surface area contributed by atoms with Crippen molar-refractivity contribution in [1.82, 2.24) is 5.43 Å². The quantitative estimate of drug-likeness (QED) is 0.766. The predicted molar refractivity (Wildman–Crippen MR) is 90.5 cm³/mol. The Hall–Kier alpha value is -1.16. The van der Waals surface area contributed by atoms with Gasteiger partial charge in [0.25, 0.3) is 5.91 Å². The number of halogens is 1. The molecule has 2 rings (SSSR count). The van der Waals surface area contributed by atoms with Crippen LogP contribution in [0, 0.1) is 11.3 Å². The van der Waals surface area contributed by atoms with Crippen molar-refractivity contribution < 1.29 is 4.79 Å². The molecule has 1 fully saturated rings. The van der Waals surface area contributed by atoms with Gasteiger partial charge in [0, 0.05) is 16.1 Å². The minimum absolute atomic E-state index is 0.159. The molecule has 0 heterocycles. The molecule has 21 heavy (non-hydrogen) atoms. The van der Waals surface area contributed by atoms with Gasteiger partial charge in [-0.05, 0) is 52.7 Å². The first-order valence-electron chi connectivity index (χ1n) is 7.51. The van der Waals surface area contributed by atoms with Crippen LogP contribution in [0.4, 0.5) is 0 Å². The summed E-state index contributed by atoms with van der Waals surface area (Å²) in [6.45, 7) is 6.73. The van der Waals surface area contributed by atoms with Gasteiger partial charge in [-0.2, -0.15) is 5.10 Å². The van der Waals surface area contributed by atoms with Gasteiger partial charge in [0.15, 0.2) is 0 Å². The van der Waals surface area contributed by atoms with Gasteiger partial charge in [0.05, 0.1) is 5.56 Å². The number of hydrazone groups is 1. The highest BCUT2D eigenvalue weighted by atomic mass is 79.9. The van der Waals surface area contributed by atoms with E-state index in [4.69, 9.17) is 0 Å². The van der Waals surface area contributed by atoms with Gasteiger partial charge in [0.1, 0.15) is 0 Å². The Labute approximate surface area is 135 Å². The average Bonchev–Trinajstić information content (AvgIpc) is 2.44. The largest absolute Gasteiger partial charge is 0.272 e. The Kier molecular flexibility index (Phi) is 5.20. The summed E-state index contributed by atoms with van der Waals surface area (Å²) in [6.07, 6.45) is 4.56. The minimum Gasteiger partial charge on any atom is -0.267 e. The molecular weight excluding hydrogens is 328 g/mol. The number of carbonyl (C=O) groups is 1. The zero-order chi connectivity index (χ0) is 15.5. The number of nitrogens with zero attached hydrogens (tertiary/aromatic N) is 1. The minimum atomic E-state index is -0.159. The monoisotopic (exact) mass is 350 g/mol. The maximum absolute atomic E-state index is 12.2. The van der Waals surface area contributed by atoms with Crippen LogP contribution in [0.25, 0.3) is 0 Å². The van der Waals surface area contributed by atoms with Crippen LogP contribution in [0.5, 0.6) is 0 Å². The Morgan fingerprint density at radius 2 is 2.00 bits per heavy atom. The molecule has 0 aromatic heterocycles. The summed E-state index contributed by atoms with van der Waals surface area (Å²) in [5.41, 5.74) is 4.67.